The van der Waals surface area contributed by atoms with Crippen LogP contribution in [0.5, 0.6) is 0 Å². The fourth-order valence-electron chi connectivity index (χ4n) is 2.19. The maximum Gasteiger partial charge on any atom is 0.328 e. The molecular weight excluding hydrogens is 212 g/mol. The van der Waals surface area contributed by atoms with E-state index in [1.165, 1.54) is 24.0 Å². The van der Waals surface area contributed by atoms with E-state index in [1.54, 1.807) is 22.4 Å². The summed E-state index contributed by atoms with van der Waals surface area (Å²) in [6, 6.07) is 8.61. The molecule has 0 spiro atoms. The van der Waals surface area contributed by atoms with Crippen molar-refractivity contribution in [3.63, 3.8) is 0 Å². The van der Waals surface area contributed by atoms with E-state index in [4.69, 9.17) is 0 Å². The predicted molar refractivity (Wildman–Crippen MR) is 67.2 cm³/mol. The molecule has 0 saturated heterocycles. The minimum Gasteiger partial charge on any atom is -0.302 e. The molecule has 88 valence electrons. The van der Waals surface area contributed by atoms with Crippen molar-refractivity contribution in [3.8, 4) is 0 Å². The van der Waals surface area contributed by atoms with Crippen LogP contribution in [-0.4, -0.2) is 9.13 Å². The summed E-state index contributed by atoms with van der Waals surface area (Å²) in [7, 11) is 1.78. The molecule has 0 aliphatic heterocycles. The Bertz CT molecular complexity index is 590. The number of imidazole rings is 1. The lowest BCUT2D eigenvalue weighted by Crippen LogP contribution is -2.22. The van der Waals surface area contributed by atoms with Crippen LogP contribution in [0, 0.1) is 0 Å². The number of nitrogens with zero attached hydrogens (tertiary/aromatic N) is 2. The van der Waals surface area contributed by atoms with Gasteiger partial charge in [0.2, 0.25) is 0 Å². The molecule has 1 fully saturated rings. The third kappa shape index (κ3) is 2.05. The van der Waals surface area contributed by atoms with Gasteiger partial charge in [0.1, 0.15) is 0 Å². The van der Waals surface area contributed by atoms with E-state index in [0.717, 1.165) is 5.92 Å². The highest BCUT2D eigenvalue weighted by Crippen LogP contribution is 2.40. The van der Waals surface area contributed by atoms with Gasteiger partial charge in [-0.25, -0.2) is 4.79 Å². The van der Waals surface area contributed by atoms with Gasteiger partial charge in [0, 0.05) is 19.4 Å². The number of rotatable bonds is 3. The molecule has 1 saturated carbocycles. The third-order valence-corrected chi connectivity index (χ3v) is 3.37. The van der Waals surface area contributed by atoms with Gasteiger partial charge in [-0.3, -0.25) is 4.57 Å². The summed E-state index contributed by atoms with van der Waals surface area (Å²) in [5, 5.41) is 0. The molecule has 0 N–H and O–H groups in total. The van der Waals surface area contributed by atoms with E-state index >= 15 is 0 Å². The Morgan fingerprint density at radius 3 is 2.76 bits per heavy atom. The first-order chi connectivity index (χ1) is 8.24. The van der Waals surface area contributed by atoms with E-state index < -0.39 is 0 Å². The van der Waals surface area contributed by atoms with Gasteiger partial charge in [0.25, 0.3) is 0 Å². The predicted octanol–water partition coefficient (Wildman–Crippen LogP) is 2.11. The third-order valence-electron chi connectivity index (χ3n) is 3.37. The van der Waals surface area contributed by atoms with Gasteiger partial charge in [0.15, 0.2) is 0 Å². The van der Waals surface area contributed by atoms with Gasteiger partial charge in [0.05, 0.1) is 6.54 Å². The molecule has 3 nitrogen and oxygen atoms in total. The molecule has 1 aliphatic rings. The van der Waals surface area contributed by atoms with Crippen molar-refractivity contribution in [2.24, 2.45) is 7.05 Å². The zero-order valence-corrected chi connectivity index (χ0v) is 9.97. The second-order valence-electron chi connectivity index (χ2n) is 4.84. The quantitative estimate of drug-likeness (QED) is 0.790. The molecule has 1 aromatic heterocycles. The van der Waals surface area contributed by atoms with E-state index in [1.807, 2.05) is 6.20 Å². The second-order valence-corrected chi connectivity index (χ2v) is 4.84. The minimum atomic E-state index is 0.0434. The minimum absolute atomic E-state index is 0.0434. The summed E-state index contributed by atoms with van der Waals surface area (Å²) in [6.07, 6.45) is 6.27. The number of aromatic nitrogens is 2. The molecule has 0 amide bonds. The van der Waals surface area contributed by atoms with Crippen LogP contribution < -0.4 is 5.69 Å². The molecule has 1 aromatic carbocycles. The van der Waals surface area contributed by atoms with Crippen LogP contribution in [0.2, 0.25) is 0 Å². The molecule has 0 bridgehead atoms. The topological polar surface area (TPSA) is 26.9 Å². The van der Waals surface area contributed by atoms with Crippen molar-refractivity contribution in [3.05, 3.63) is 58.3 Å². The van der Waals surface area contributed by atoms with Crippen molar-refractivity contribution in [1.82, 2.24) is 9.13 Å². The van der Waals surface area contributed by atoms with E-state index in [0.29, 0.717) is 6.54 Å². The van der Waals surface area contributed by atoms with E-state index in [9.17, 15) is 4.79 Å². The van der Waals surface area contributed by atoms with Crippen molar-refractivity contribution in [2.75, 3.05) is 0 Å². The van der Waals surface area contributed by atoms with Crippen LogP contribution in [0.1, 0.15) is 29.9 Å². The fourth-order valence-corrected chi connectivity index (χ4v) is 2.19. The summed E-state index contributed by atoms with van der Waals surface area (Å²) in [5.41, 5.74) is 2.68. The summed E-state index contributed by atoms with van der Waals surface area (Å²) in [4.78, 5) is 11.7. The molecule has 1 aliphatic carbocycles. The monoisotopic (exact) mass is 228 g/mol. The zero-order valence-electron chi connectivity index (χ0n) is 9.97. The number of hydrogen-bond acceptors (Lipinski definition) is 1. The molecule has 17 heavy (non-hydrogen) atoms. The highest BCUT2D eigenvalue weighted by atomic mass is 16.1. The van der Waals surface area contributed by atoms with E-state index in [-0.39, 0.29) is 5.69 Å². The Labute approximate surface area is 100 Å². The maximum atomic E-state index is 11.7. The van der Waals surface area contributed by atoms with Gasteiger partial charge in [-0.15, -0.1) is 0 Å². The molecule has 0 unspecified atom stereocenters. The van der Waals surface area contributed by atoms with E-state index in [2.05, 4.69) is 24.3 Å². The normalized spacial score (nSPS) is 15.1. The molecule has 0 radical (unpaired) electrons. The Morgan fingerprint density at radius 2 is 2.12 bits per heavy atom. The number of benzene rings is 1. The first-order valence-corrected chi connectivity index (χ1v) is 6.04. The second kappa shape index (κ2) is 3.91. The van der Waals surface area contributed by atoms with Gasteiger partial charge >= 0.3 is 5.69 Å². The lowest BCUT2D eigenvalue weighted by Gasteiger charge is -2.04. The van der Waals surface area contributed by atoms with Gasteiger partial charge in [-0.1, -0.05) is 24.3 Å². The lowest BCUT2D eigenvalue weighted by atomic mass is 10.1. The Morgan fingerprint density at radius 1 is 1.29 bits per heavy atom. The highest BCUT2D eigenvalue weighted by molar-refractivity contribution is 5.29. The maximum absolute atomic E-state index is 11.7. The zero-order chi connectivity index (χ0) is 11.8. The lowest BCUT2D eigenvalue weighted by molar-refractivity contribution is 0.717. The molecule has 3 rings (SSSR count). The van der Waals surface area contributed by atoms with Crippen LogP contribution in [0.15, 0.2) is 41.5 Å². The average molecular weight is 228 g/mol. The number of aryl methyl sites for hydroxylation is 1. The summed E-state index contributed by atoms with van der Waals surface area (Å²) in [6.45, 7) is 0.667. The highest BCUT2D eigenvalue weighted by Gasteiger charge is 2.23. The Kier molecular flexibility index (Phi) is 2.39. The van der Waals surface area contributed by atoms with Gasteiger partial charge in [-0.2, -0.15) is 0 Å². The van der Waals surface area contributed by atoms with Crippen LogP contribution in [0.3, 0.4) is 0 Å². The van der Waals surface area contributed by atoms with Crippen LogP contribution in [0.25, 0.3) is 0 Å². The molecule has 0 atom stereocenters. The first kappa shape index (κ1) is 10.4. The smallest absolute Gasteiger partial charge is 0.302 e. The van der Waals surface area contributed by atoms with Crippen molar-refractivity contribution in [1.29, 1.82) is 0 Å². The fraction of sp³-hybridized carbons (Fsp3) is 0.357. The molecular formula is C14H16N2O. The molecule has 3 heteroatoms. The van der Waals surface area contributed by atoms with Crippen molar-refractivity contribution >= 4 is 0 Å². The van der Waals surface area contributed by atoms with Crippen molar-refractivity contribution < 1.29 is 0 Å². The van der Waals surface area contributed by atoms with Crippen LogP contribution >= 0.6 is 0 Å². The Balaban J connectivity index is 1.87. The molecule has 2 aromatic rings. The van der Waals surface area contributed by atoms with Crippen molar-refractivity contribution in [2.45, 2.75) is 25.3 Å². The SMILES string of the molecule is Cn1ccn(Cc2cccc(C3CC3)c2)c1=O. The van der Waals surface area contributed by atoms with Crippen LogP contribution in [-0.2, 0) is 13.6 Å². The van der Waals surface area contributed by atoms with Gasteiger partial charge in [-0.05, 0) is 29.9 Å². The summed E-state index contributed by atoms with van der Waals surface area (Å²) in [5.74, 6) is 0.766. The van der Waals surface area contributed by atoms with Crippen LogP contribution in [0.4, 0.5) is 0 Å². The largest absolute Gasteiger partial charge is 0.328 e. The first-order valence-electron chi connectivity index (χ1n) is 6.04. The van der Waals surface area contributed by atoms with Gasteiger partial charge < -0.3 is 4.57 Å². The Hall–Kier alpha value is -1.77. The summed E-state index contributed by atoms with van der Waals surface area (Å²) >= 11 is 0. The number of hydrogen-bond donors (Lipinski definition) is 0. The standard InChI is InChI=1S/C14H16N2O/c1-15-7-8-16(14(15)17)10-11-3-2-4-13(9-11)12-5-6-12/h2-4,7-9,12H,5-6,10H2,1H3. The molecule has 1 heterocycles. The summed E-state index contributed by atoms with van der Waals surface area (Å²) < 4.78 is 3.34. The average Bonchev–Trinajstić information content (AvgIpc) is 3.13.